The molecule has 0 N–H and O–H groups in total. The smallest absolute Gasteiger partial charge is 0.187 e. The van der Waals surface area contributed by atoms with E-state index in [4.69, 9.17) is 0 Å². The maximum absolute atomic E-state index is 4.39. The van der Waals surface area contributed by atoms with E-state index in [0.717, 1.165) is 28.1 Å². The maximum Gasteiger partial charge on any atom is 0.187 e. The summed E-state index contributed by atoms with van der Waals surface area (Å²) in [5.74, 6) is 0.791. The lowest BCUT2D eigenvalue weighted by molar-refractivity contribution is 0.858. The van der Waals surface area contributed by atoms with Gasteiger partial charge in [-0.05, 0) is 26.0 Å². The van der Waals surface area contributed by atoms with Crippen molar-refractivity contribution in [1.82, 2.24) is 24.8 Å². The SMILES string of the molecule is Cc1nn2c(C)nnc2c2cccnc12. The minimum absolute atomic E-state index is 0.765. The topological polar surface area (TPSA) is 56.0 Å². The molecule has 0 bridgehead atoms. The lowest BCUT2D eigenvalue weighted by Crippen LogP contribution is -1.99. The van der Waals surface area contributed by atoms with Crippen LogP contribution >= 0.6 is 0 Å². The average molecular weight is 199 g/mol. The van der Waals surface area contributed by atoms with Gasteiger partial charge in [-0.3, -0.25) is 4.98 Å². The third kappa shape index (κ3) is 1.03. The number of aryl methyl sites for hydroxylation is 2. The van der Waals surface area contributed by atoms with Crippen molar-refractivity contribution in [2.45, 2.75) is 13.8 Å². The van der Waals surface area contributed by atoms with E-state index in [2.05, 4.69) is 20.3 Å². The summed E-state index contributed by atoms with van der Waals surface area (Å²) in [6, 6.07) is 3.88. The summed E-state index contributed by atoms with van der Waals surface area (Å²) in [6.07, 6.45) is 1.76. The predicted octanol–water partition coefficient (Wildman–Crippen LogP) is 1.29. The zero-order valence-corrected chi connectivity index (χ0v) is 8.47. The molecule has 0 amide bonds. The van der Waals surface area contributed by atoms with Crippen LogP contribution in [0.2, 0.25) is 0 Å². The molecule has 0 aromatic carbocycles. The Labute approximate surface area is 85.8 Å². The van der Waals surface area contributed by atoms with Crippen LogP contribution in [0, 0.1) is 13.8 Å². The van der Waals surface area contributed by atoms with E-state index in [1.807, 2.05) is 26.0 Å². The Morgan fingerprint density at radius 2 is 2.07 bits per heavy atom. The van der Waals surface area contributed by atoms with Crippen molar-refractivity contribution in [1.29, 1.82) is 0 Å². The number of pyridine rings is 1. The van der Waals surface area contributed by atoms with Crippen molar-refractivity contribution in [3.63, 3.8) is 0 Å². The van der Waals surface area contributed by atoms with Crippen molar-refractivity contribution >= 4 is 16.6 Å². The van der Waals surface area contributed by atoms with E-state index >= 15 is 0 Å². The second-order valence-corrected chi connectivity index (χ2v) is 3.47. The quantitative estimate of drug-likeness (QED) is 0.547. The third-order valence-electron chi connectivity index (χ3n) is 2.44. The first-order chi connectivity index (χ1) is 7.27. The molecule has 74 valence electrons. The molecule has 0 unspecified atom stereocenters. The van der Waals surface area contributed by atoms with Crippen LogP contribution in [0.5, 0.6) is 0 Å². The Morgan fingerprint density at radius 1 is 1.20 bits per heavy atom. The molecule has 0 aliphatic rings. The zero-order valence-electron chi connectivity index (χ0n) is 8.47. The second kappa shape index (κ2) is 2.73. The second-order valence-electron chi connectivity index (χ2n) is 3.47. The molecule has 0 atom stereocenters. The Morgan fingerprint density at radius 3 is 2.93 bits per heavy atom. The Balaban J connectivity index is 2.65. The molecule has 0 saturated carbocycles. The van der Waals surface area contributed by atoms with Gasteiger partial charge in [-0.1, -0.05) is 0 Å². The lowest BCUT2D eigenvalue weighted by Gasteiger charge is -2.01. The third-order valence-corrected chi connectivity index (χ3v) is 2.44. The van der Waals surface area contributed by atoms with Gasteiger partial charge in [0, 0.05) is 11.6 Å². The van der Waals surface area contributed by atoms with E-state index < -0.39 is 0 Å². The van der Waals surface area contributed by atoms with Crippen LogP contribution in [-0.2, 0) is 0 Å². The van der Waals surface area contributed by atoms with Crippen molar-refractivity contribution < 1.29 is 0 Å². The largest absolute Gasteiger partial charge is 0.254 e. The molecule has 0 radical (unpaired) electrons. The van der Waals surface area contributed by atoms with Crippen molar-refractivity contribution in [3.8, 4) is 0 Å². The molecule has 5 nitrogen and oxygen atoms in total. The van der Waals surface area contributed by atoms with E-state index in [0.29, 0.717) is 0 Å². The predicted molar refractivity (Wildman–Crippen MR) is 55.6 cm³/mol. The average Bonchev–Trinajstić information content (AvgIpc) is 2.62. The molecule has 5 heteroatoms. The van der Waals surface area contributed by atoms with E-state index in [9.17, 15) is 0 Å². The number of hydrogen-bond donors (Lipinski definition) is 0. The van der Waals surface area contributed by atoms with Gasteiger partial charge >= 0.3 is 0 Å². The molecular formula is C10H9N5. The van der Waals surface area contributed by atoms with Gasteiger partial charge in [0.15, 0.2) is 11.5 Å². The van der Waals surface area contributed by atoms with Crippen LogP contribution in [0.25, 0.3) is 16.6 Å². The fourth-order valence-electron chi connectivity index (χ4n) is 1.72. The van der Waals surface area contributed by atoms with Crippen LogP contribution in [0.4, 0.5) is 0 Å². The van der Waals surface area contributed by atoms with E-state index in [-0.39, 0.29) is 0 Å². The first kappa shape index (κ1) is 8.28. The molecule has 0 fully saturated rings. The molecule has 3 rings (SSSR count). The summed E-state index contributed by atoms with van der Waals surface area (Å²) in [5.41, 5.74) is 2.54. The van der Waals surface area contributed by atoms with E-state index in [1.54, 1.807) is 10.7 Å². The Hall–Kier alpha value is -2.04. The number of fused-ring (bicyclic) bond motifs is 3. The summed E-state index contributed by atoms with van der Waals surface area (Å²) in [7, 11) is 0. The minimum atomic E-state index is 0.765. The molecule has 3 aromatic heterocycles. The first-order valence-corrected chi connectivity index (χ1v) is 4.71. The summed E-state index contributed by atoms with van der Waals surface area (Å²) < 4.78 is 1.75. The standard InChI is InChI=1S/C10H9N5/c1-6-9-8(4-3-5-11-9)10-13-12-7(2)15(10)14-6/h3-5H,1-2H3. The summed E-state index contributed by atoms with van der Waals surface area (Å²) >= 11 is 0. The number of aromatic nitrogens is 5. The van der Waals surface area contributed by atoms with Crippen LogP contribution in [0.3, 0.4) is 0 Å². The highest BCUT2D eigenvalue weighted by Crippen LogP contribution is 2.17. The van der Waals surface area contributed by atoms with Crippen molar-refractivity contribution in [2.24, 2.45) is 0 Å². The van der Waals surface area contributed by atoms with Gasteiger partial charge < -0.3 is 0 Å². The number of hydrogen-bond acceptors (Lipinski definition) is 4. The minimum Gasteiger partial charge on any atom is -0.254 e. The normalized spacial score (nSPS) is 11.3. The van der Waals surface area contributed by atoms with Gasteiger partial charge in [-0.2, -0.15) is 9.61 Å². The number of rotatable bonds is 0. The van der Waals surface area contributed by atoms with Gasteiger partial charge in [0.2, 0.25) is 0 Å². The zero-order chi connectivity index (χ0) is 10.4. The summed E-state index contributed by atoms with van der Waals surface area (Å²) in [5, 5.41) is 13.5. The molecule has 0 spiro atoms. The van der Waals surface area contributed by atoms with Crippen LogP contribution < -0.4 is 0 Å². The van der Waals surface area contributed by atoms with Gasteiger partial charge in [-0.25, -0.2) is 0 Å². The van der Waals surface area contributed by atoms with Crippen molar-refractivity contribution in [2.75, 3.05) is 0 Å². The fraction of sp³-hybridized carbons (Fsp3) is 0.200. The van der Waals surface area contributed by atoms with Gasteiger partial charge in [-0.15, -0.1) is 10.2 Å². The summed E-state index contributed by atoms with van der Waals surface area (Å²) in [6.45, 7) is 3.82. The van der Waals surface area contributed by atoms with Gasteiger partial charge in [0.25, 0.3) is 0 Å². The lowest BCUT2D eigenvalue weighted by atomic mass is 10.2. The highest BCUT2D eigenvalue weighted by Gasteiger charge is 2.09. The molecule has 3 aromatic rings. The van der Waals surface area contributed by atoms with Gasteiger partial charge in [0.1, 0.15) is 0 Å². The Bertz CT molecular complexity index is 655. The highest BCUT2D eigenvalue weighted by molar-refractivity contribution is 5.91. The van der Waals surface area contributed by atoms with Crippen LogP contribution in [0.1, 0.15) is 11.5 Å². The van der Waals surface area contributed by atoms with Gasteiger partial charge in [0.05, 0.1) is 11.2 Å². The monoisotopic (exact) mass is 199 g/mol. The highest BCUT2D eigenvalue weighted by atomic mass is 15.4. The molecule has 15 heavy (non-hydrogen) atoms. The first-order valence-electron chi connectivity index (χ1n) is 4.71. The number of nitrogens with zero attached hydrogens (tertiary/aromatic N) is 5. The molecule has 0 aliphatic carbocycles. The Kier molecular flexibility index (Phi) is 1.50. The molecule has 0 aliphatic heterocycles. The molecular weight excluding hydrogens is 190 g/mol. The fourth-order valence-corrected chi connectivity index (χ4v) is 1.72. The maximum atomic E-state index is 4.39. The van der Waals surface area contributed by atoms with Crippen LogP contribution in [-0.4, -0.2) is 24.8 Å². The molecule has 0 saturated heterocycles. The molecule has 3 heterocycles. The van der Waals surface area contributed by atoms with Crippen LogP contribution in [0.15, 0.2) is 18.3 Å². The van der Waals surface area contributed by atoms with Crippen molar-refractivity contribution in [3.05, 3.63) is 29.8 Å². The summed E-state index contributed by atoms with van der Waals surface area (Å²) in [4.78, 5) is 4.30. The van der Waals surface area contributed by atoms with E-state index in [1.165, 1.54) is 0 Å².